The molecule has 2 aliphatic heterocycles. The number of nitrogens with zero attached hydrogens (tertiary/aromatic N) is 2. The lowest BCUT2D eigenvalue weighted by molar-refractivity contribution is -0.253. The van der Waals surface area contributed by atoms with Crippen LogP contribution in [0, 0.1) is 0 Å². The highest BCUT2D eigenvalue weighted by Gasteiger charge is 2.35. The van der Waals surface area contributed by atoms with Gasteiger partial charge in [-0.3, -0.25) is 14.7 Å². The molecule has 0 bridgehead atoms. The summed E-state index contributed by atoms with van der Waals surface area (Å²) in [6.45, 7) is 3.06. The van der Waals surface area contributed by atoms with E-state index in [0.29, 0.717) is 18.2 Å². The zero-order valence-corrected chi connectivity index (χ0v) is 25.7. The van der Waals surface area contributed by atoms with Gasteiger partial charge in [-0.15, -0.1) is 0 Å². The molecule has 234 valence electrons. The van der Waals surface area contributed by atoms with E-state index in [1.54, 1.807) is 31.6 Å². The van der Waals surface area contributed by atoms with E-state index >= 15 is 0 Å². The molecule has 4 aromatic rings. The summed E-state index contributed by atoms with van der Waals surface area (Å²) in [4.78, 5) is 19.0. The first kappa shape index (κ1) is 31.1. The molecule has 0 unspecified atom stereocenters. The molecule has 0 aliphatic carbocycles. The van der Waals surface area contributed by atoms with Crippen LogP contribution >= 0.6 is 0 Å². The van der Waals surface area contributed by atoms with E-state index in [0.717, 1.165) is 65.9 Å². The molecule has 3 heterocycles. The maximum absolute atomic E-state index is 12.5. The van der Waals surface area contributed by atoms with Crippen molar-refractivity contribution in [2.45, 2.75) is 57.0 Å². The molecule has 1 amide bonds. The number of aliphatic hydroxyl groups is 1. The van der Waals surface area contributed by atoms with Crippen LogP contribution in [-0.2, 0) is 27.4 Å². The number of ether oxygens (including phenoxy) is 3. The van der Waals surface area contributed by atoms with Crippen LogP contribution in [0.25, 0.3) is 11.1 Å². The standard InChI is InChI=1S/C37H41N3O5/c1-43-25-33-8-4-18-40(33)23-34-20-35(29-11-9-26(24-41)10-12-29)45-37(44-34)30-15-13-28(14-16-30)31-6-2-5-27(19-31)21-39-36(42)32-7-3-17-38-22-32/h2-3,5-7,9-17,19,22,33-35,37,41H,4,8,18,20-21,23-25H2,1H3,(H,39,42)/t33-,34-,35+,37+/m0/s1. The first-order valence-electron chi connectivity index (χ1n) is 15.7. The number of carbonyl (C=O) groups is 1. The van der Waals surface area contributed by atoms with Crippen LogP contribution < -0.4 is 5.32 Å². The summed E-state index contributed by atoms with van der Waals surface area (Å²) in [5.74, 6) is -0.148. The number of benzene rings is 3. The quantitative estimate of drug-likeness (QED) is 0.222. The van der Waals surface area contributed by atoms with Crippen LogP contribution in [-0.4, -0.2) is 59.8 Å². The van der Waals surface area contributed by atoms with Gasteiger partial charge in [0, 0.05) is 50.6 Å². The highest BCUT2D eigenvalue weighted by molar-refractivity contribution is 5.93. The minimum Gasteiger partial charge on any atom is -0.392 e. The van der Waals surface area contributed by atoms with E-state index in [1.165, 1.54) is 6.42 Å². The highest BCUT2D eigenvalue weighted by Crippen LogP contribution is 2.39. The van der Waals surface area contributed by atoms with Crippen molar-refractivity contribution in [3.63, 3.8) is 0 Å². The van der Waals surface area contributed by atoms with Gasteiger partial charge in [0.1, 0.15) is 0 Å². The molecule has 2 fully saturated rings. The van der Waals surface area contributed by atoms with Gasteiger partial charge in [-0.2, -0.15) is 0 Å². The lowest BCUT2D eigenvalue weighted by Crippen LogP contribution is -2.42. The minimum atomic E-state index is -0.502. The van der Waals surface area contributed by atoms with Crippen LogP contribution in [0.4, 0.5) is 0 Å². The van der Waals surface area contributed by atoms with E-state index < -0.39 is 6.29 Å². The SMILES string of the molecule is COC[C@@H]1CCCN1C[C@@H]1C[C@H](c2ccc(CO)cc2)O[C@H](c2ccc(-c3cccc(CNC(=O)c4cccnc4)c3)cc2)O1. The molecule has 2 aliphatic rings. The second-order valence-electron chi connectivity index (χ2n) is 11.8. The number of likely N-dealkylation sites (tertiary alicyclic amines) is 1. The van der Waals surface area contributed by atoms with Gasteiger partial charge < -0.3 is 24.6 Å². The molecular formula is C37H41N3O5. The molecule has 0 spiro atoms. The van der Waals surface area contributed by atoms with Gasteiger partial charge in [0.15, 0.2) is 6.29 Å². The maximum atomic E-state index is 12.5. The van der Waals surface area contributed by atoms with Gasteiger partial charge in [-0.1, -0.05) is 66.7 Å². The number of rotatable bonds is 11. The zero-order chi connectivity index (χ0) is 31.0. The third kappa shape index (κ3) is 7.84. The van der Waals surface area contributed by atoms with Crippen LogP contribution in [0.15, 0.2) is 97.3 Å². The van der Waals surface area contributed by atoms with Gasteiger partial charge in [0.25, 0.3) is 5.91 Å². The number of amides is 1. The van der Waals surface area contributed by atoms with Crippen molar-refractivity contribution in [1.29, 1.82) is 0 Å². The van der Waals surface area contributed by atoms with Crippen molar-refractivity contribution < 1.29 is 24.1 Å². The van der Waals surface area contributed by atoms with Crippen LogP contribution in [0.2, 0.25) is 0 Å². The van der Waals surface area contributed by atoms with Crippen molar-refractivity contribution in [2.24, 2.45) is 0 Å². The number of pyridine rings is 1. The molecular weight excluding hydrogens is 566 g/mol. The van der Waals surface area contributed by atoms with Crippen LogP contribution in [0.5, 0.6) is 0 Å². The van der Waals surface area contributed by atoms with Crippen LogP contribution in [0.3, 0.4) is 0 Å². The summed E-state index contributed by atoms with van der Waals surface area (Å²) in [6.07, 6.45) is 5.67. The number of hydrogen-bond acceptors (Lipinski definition) is 7. The lowest BCUT2D eigenvalue weighted by Gasteiger charge is -2.38. The highest BCUT2D eigenvalue weighted by atomic mass is 16.7. The summed E-state index contributed by atoms with van der Waals surface area (Å²) < 4.78 is 18.7. The fourth-order valence-electron chi connectivity index (χ4n) is 6.29. The Morgan fingerprint density at radius 3 is 2.56 bits per heavy atom. The van der Waals surface area contributed by atoms with Crippen molar-refractivity contribution in [2.75, 3.05) is 26.8 Å². The summed E-state index contributed by atoms with van der Waals surface area (Å²) in [7, 11) is 1.77. The number of carbonyl (C=O) groups excluding carboxylic acids is 1. The Morgan fingerprint density at radius 2 is 1.80 bits per heavy atom. The summed E-state index contributed by atoms with van der Waals surface area (Å²) in [6, 6.07) is 28.5. The monoisotopic (exact) mass is 607 g/mol. The van der Waals surface area contributed by atoms with E-state index in [-0.39, 0.29) is 24.7 Å². The third-order valence-electron chi connectivity index (χ3n) is 8.73. The largest absolute Gasteiger partial charge is 0.392 e. The molecule has 2 saturated heterocycles. The summed E-state index contributed by atoms with van der Waals surface area (Å²) >= 11 is 0. The third-order valence-corrected chi connectivity index (χ3v) is 8.73. The van der Waals surface area contributed by atoms with Crippen molar-refractivity contribution in [3.8, 4) is 11.1 Å². The fourth-order valence-corrected chi connectivity index (χ4v) is 6.29. The van der Waals surface area contributed by atoms with E-state index in [2.05, 4.69) is 63.7 Å². The predicted octanol–water partition coefficient (Wildman–Crippen LogP) is 5.83. The Kier molecular flexibility index (Phi) is 10.3. The minimum absolute atomic E-state index is 0.00182. The molecule has 0 radical (unpaired) electrons. The summed E-state index contributed by atoms with van der Waals surface area (Å²) in [5.41, 5.74) is 6.63. The molecule has 4 atom stereocenters. The number of aliphatic hydroxyl groups excluding tert-OH is 1. The predicted molar refractivity (Wildman–Crippen MR) is 172 cm³/mol. The van der Waals surface area contributed by atoms with Gasteiger partial charge in [-0.05, 0) is 65.4 Å². The number of hydrogen-bond donors (Lipinski definition) is 2. The fraction of sp³-hybridized carbons (Fsp3) is 0.351. The topological polar surface area (TPSA) is 93.2 Å². The Balaban J connectivity index is 1.16. The Bertz CT molecular complexity index is 1530. The molecule has 1 aromatic heterocycles. The Morgan fingerprint density at radius 1 is 0.978 bits per heavy atom. The molecule has 8 heteroatoms. The number of methoxy groups -OCH3 is 1. The van der Waals surface area contributed by atoms with Crippen molar-refractivity contribution in [3.05, 3.63) is 125 Å². The average molecular weight is 608 g/mol. The van der Waals surface area contributed by atoms with E-state index in [1.807, 2.05) is 24.3 Å². The van der Waals surface area contributed by atoms with Gasteiger partial charge in [0.2, 0.25) is 0 Å². The van der Waals surface area contributed by atoms with Crippen LogP contribution in [0.1, 0.15) is 64.3 Å². The van der Waals surface area contributed by atoms with Crippen molar-refractivity contribution >= 4 is 5.91 Å². The zero-order valence-electron chi connectivity index (χ0n) is 25.7. The first-order chi connectivity index (χ1) is 22.1. The molecule has 8 nitrogen and oxygen atoms in total. The Labute approximate surface area is 265 Å². The van der Waals surface area contributed by atoms with E-state index in [9.17, 15) is 9.90 Å². The smallest absolute Gasteiger partial charge is 0.253 e. The second-order valence-corrected chi connectivity index (χ2v) is 11.8. The maximum Gasteiger partial charge on any atom is 0.253 e. The van der Waals surface area contributed by atoms with Gasteiger partial charge in [-0.25, -0.2) is 0 Å². The first-order valence-corrected chi connectivity index (χ1v) is 15.7. The molecule has 2 N–H and O–H groups in total. The molecule has 45 heavy (non-hydrogen) atoms. The van der Waals surface area contributed by atoms with Crippen molar-refractivity contribution in [1.82, 2.24) is 15.2 Å². The molecule has 3 aromatic carbocycles. The second kappa shape index (κ2) is 14.9. The average Bonchev–Trinajstić information content (AvgIpc) is 3.54. The van der Waals surface area contributed by atoms with E-state index in [4.69, 9.17) is 14.2 Å². The molecule has 6 rings (SSSR count). The van der Waals surface area contributed by atoms with Gasteiger partial charge in [0.05, 0.1) is 31.0 Å². The van der Waals surface area contributed by atoms with Gasteiger partial charge >= 0.3 is 0 Å². The Hall–Kier alpha value is -3.92. The molecule has 0 saturated carbocycles. The number of nitrogens with one attached hydrogen (secondary N) is 1. The number of aromatic nitrogens is 1. The normalized spacial score (nSPS) is 21.9. The summed E-state index contributed by atoms with van der Waals surface area (Å²) in [5, 5.41) is 12.5. The lowest BCUT2D eigenvalue weighted by atomic mass is 9.98.